The number of likely N-dealkylation sites (tertiary alicyclic amines) is 1. The third-order valence-electron chi connectivity index (χ3n) is 11.0. The lowest BCUT2D eigenvalue weighted by molar-refractivity contribution is -0.201. The fraction of sp³-hybridized carbons (Fsp3) is 0.571. The lowest BCUT2D eigenvalue weighted by Gasteiger charge is -2.65. The molecule has 6 nitrogen and oxygen atoms in total. The molecule has 5 aliphatic rings. The predicted molar refractivity (Wildman–Crippen MR) is 161 cm³/mol. The van der Waals surface area contributed by atoms with E-state index in [1.54, 1.807) is 13.2 Å². The standard InChI is InChI=1S/C35H41F3N2O4/c1-3-4-17-40(29(41)13-10-22-6-5-7-25(19-22)35(36,37)38)26-14-15-34(42)28-20-24-11-12-27(43-2)31-30(24)33(34,32(26)44-31)16-18-39(28)21-23-8-9-23/h5-7,10-13,19,23,26,28,32,42H,3-4,8-9,14-18,20-21H2,1-2H3/t26-,28+,32-,33-,34+/m0/s1. The summed E-state index contributed by atoms with van der Waals surface area (Å²) in [5.41, 5.74) is 0.140. The second-order valence-electron chi connectivity index (χ2n) is 13.4. The van der Waals surface area contributed by atoms with Crippen molar-refractivity contribution in [2.45, 2.75) is 93.7 Å². The van der Waals surface area contributed by atoms with Gasteiger partial charge in [0.2, 0.25) is 5.91 Å². The van der Waals surface area contributed by atoms with E-state index in [4.69, 9.17) is 9.47 Å². The molecule has 1 saturated heterocycles. The van der Waals surface area contributed by atoms with Gasteiger partial charge in [-0.2, -0.15) is 13.2 Å². The fourth-order valence-corrected chi connectivity index (χ4v) is 8.77. The Balaban J connectivity index is 1.26. The average Bonchev–Trinajstić information content (AvgIpc) is 3.75. The molecule has 2 aliphatic heterocycles. The lowest BCUT2D eigenvalue weighted by atomic mass is 9.48. The Morgan fingerprint density at radius 1 is 1.20 bits per heavy atom. The van der Waals surface area contributed by atoms with Gasteiger partial charge in [-0.3, -0.25) is 9.69 Å². The smallest absolute Gasteiger partial charge is 0.416 e. The molecule has 2 aromatic carbocycles. The number of halogens is 3. The molecule has 2 aromatic rings. The highest BCUT2D eigenvalue weighted by molar-refractivity contribution is 5.92. The summed E-state index contributed by atoms with van der Waals surface area (Å²) >= 11 is 0. The van der Waals surface area contributed by atoms with Gasteiger partial charge in [0.25, 0.3) is 0 Å². The van der Waals surface area contributed by atoms with Gasteiger partial charge in [-0.1, -0.05) is 31.5 Å². The van der Waals surface area contributed by atoms with E-state index in [0.717, 1.165) is 56.5 Å². The minimum absolute atomic E-state index is 0.0173. The molecule has 0 unspecified atom stereocenters. The minimum Gasteiger partial charge on any atom is -0.493 e. The molecular weight excluding hydrogens is 569 g/mol. The molecule has 7 rings (SSSR count). The number of piperidine rings is 1. The molecule has 3 aliphatic carbocycles. The highest BCUT2D eigenvalue weighted by Crippen LogP contribution is 2.66. The molecule has 1 N–H and O–H groups in total. The van der Waals surface area contributed by atoms with E-state index in [9.17, 15) is 23.1 Å². The number of nitrogens with zero attached hydrogens (tertiary/aromatic N) is 2. The van der Waals surface area contributed by atoms with Crippen molar-refractivity contribution in [2.24, 2.45) is 5.92 Å². The van der Waals surface area contributed by atoms with Crippen molar-refractivity contribution in [1.29, 1.82) is 0 Å². The maximum absolute atomic E-state index is 13.9. The number of aliphatic hydroxyl groups is 1. The molecule has 3 fully saturated rings. The van der Waals surface area contributed by atoms with Gasteiger partial charge >= 0.3 is 6.18 Å². The first-order valence-electron chi connectivity index (χ1n) is 16.1. The molecule has 2 heterocycles. The topological polar surface area (TPSA) is 62.2 Å². The van der Waals surface area contributed by atoms with Crippen molar-refractivity contribution in [1.82, 2.24) is 9.80 Å². The quantitative estimate of drug-likeness (QED) is 0.354. The Bertz CT molecular complexity index is 1470. The molecular formula is C35H41F3N2O4. The first-order valence-corrected chi connectivity index (χ1v) is 16.1. The molecule has 1 spiro atoms. The van der Waals surface area contributed by atoms with Crippen LogP contribution in [0.4, 0.5) is 13.2 Å². The SMILES string of the molecule is CCCCN(C(=O)C=Cc1cccc(C(F)(F)F)c1)[C@H]1CC[C@@]2(O)[C@H]3Cc4ccc(OC)c5c4[C@@]2(CCN3CC2CC2)[C@H]1O5. The molecule has 44 heavy (non-hydrogen) atoms. The maximum Gasteiger partial charge on any atom is 0.416 e. The Morgan fingerprint density at radius 3 is 2.75 bits per heavy atom. The van der Waals surface area contributed by atoms with Crippen molar-refractivity contribution >= 4 is 12.0 Å². The highest BCUT2D eigenvalue weighted by Gasteiger charge is 2.73. The van der Waals surface area contributed by atoms with Crippen LogP contribution in [0.3, 0.4) is 0 Å². The zero-order valence-corrected chi connectivity index (χ0v) is 25.4. The molecule has 1 amide bonds. The molecule has 0 radical (unpaired) electrons. The number of hydrogen-bond donors (Lipinski definition) is 1. The van der Waals surface area contributed by atoms with E-state index < -0.39 is 28.9 Å². The number of ether oxygens (including phenoxy) is 2. The van der Waals surface area contributed by atoms with E-state index in [2.05, 4.69) is 17.9 Å². The lowest BCUT2D eigenvalue weighted by Crippen LogP contribution is -2.78. The van der Waals surface area contributed by atoms with Gasteiger partial charge < -0.3 is 19.5 Å². The average molecular weight is 611 g/mol. The largest absolute Gasteiger partial charge is 0.493 e. The summed E-state index contributed by atoms with van der Waals surface area (Å²) in [6, 6.07) is 8.77. The van der Waals surface area contributed by atoms with Gasteiger partial charge in [0.05, 0.1) is 29.7 Å². The van der Waals surface area contributed by atoms with Crippen molar-refractivity contribution < 1.29 is 32.5 Å². The number of amides is 1. The minimum atomic E-state index is -4.46. The number of benzene rings is 2. The van der Waals surface area contributed by atoms with Crippen LogP contribution in [0, 0.1) is 5.92 Å². The Hall–Kier alpha value is -3.04. The van der Waals surface area contributed by atoms with Gasteiger partial charge in [-0.05, 0) is 92.8 Å². The second-order valence-corrected chi connectivity index (χ2v) is 13.4. The van der Waals surface area contributed by atoms with Crippen molar-refractivity contribution in [2.75, 3.05) is 26.7 Å². The number of rotatable bonds is 9. The summed E-state index contributed by atoms with van der Waals surface area (Å²) in [4.78, 5) is 18.3. The van der Waals surface area contributed by atoms with Gasteiger partial charge in [0, 0.05) is 30.8 Å². The molecule has 9 heteroatoms. The van der Waals surface area contributed by atoms with Gasteiger partial charge in [0.1, 0.15) is 6.10 Å². The van der Waals surface area contributed by atoms with Crippen LogP contribution in [0.25, 0.3) is 6.08 Å². The number of carbonyl (C=O) groups excluding carboxylic acids is 1. The summed E-state index contributed by atoms with van der Waals surface area (Å²) in [5.74, 6) is 1.78. The first kappa shape index (κ1) is 29.7. The number of methoxy groups -OCH3 is 1. The van der Waals surface area contributed by atoms with E-state index in [0.29, 0.717) is 42.4 Å². The Labute approximate surface area is 256 Å². The zero-order valence-electron chi connectivity index (χ0n) is 25.4. The zero-order chi connectivity index (χ0) is 30.9. The molecule has 0 aromatic heterocycles. The summed E-state index contributed by atoms with van der Waals surface area (Å²) in [7, 11) is 1.63. The number of alkyl halides is 3. The van der Waals surface area contributed by atoms with Gasteiger partial charge in [0.15, 0.2) is 11.5 Å². The molecule has 5 atom stereocenters. The maximum atomic E-state index is 13.9. The number of carbonyl (C=O) groups is 1. The molecule has 2 saturated carbocycles. The van der Waals surface area contributed by atoms with Crippen LogP contribution in [0.5, 0.6) is 11.5 Å². The summed E-state index contributed by atoms with van der Waals surface area (Å²) < 4.78 is 52.6. The van der Waals surface area contributed by atoms with Crippen LogP contribution >= 0.6 is 0 Å². The van der Waals surface area contributed by atoms with Gasteiger partial charge in [-0.25, -0.2) is 0 Å². The second kappa shape index (κ2) is 10.8. The number of unbranched alkanes of at least 4 members (excludes halogenated alkanes) is 1. The predicted octanol–water partition coefficient (Wildman–Crippen LogP) is 5.99. The summed E-state index contributed by atoms with van der Waals surface area (Å²) in [5, 5.41) is 12.9. The van der Waals surface area contributed by atoms with Crippen molar-refractivity contribution in [3.05, 3.63) is 64.7 Å². The molecule has 236 valence electrons. The van der Waals surface area contributed by atoms with Crippen LogP contribution in [-0.4, -0.2) is 71.3 Å². The van der Waals surface area contributed by atoms with Crippen LogP contribution in [0.15, 0.2) is 42.5 Å². The normalized spacial score (nSPS) is 30.6. The summed E-state index contributed by atoms with van der Waals surface area (Å²) in [6.45, 7) is 4.45. The van der Waals surface area contributed by atoms with E-state index >= 15 is 0 Å². The third kappa shape index (κ3) is 4.56. The fourth-order valence-electron chi connectivity index (χ4n) is 8.77. The van der Waals surface area contributed by atoms with Crippen LogP contribution in [-0.2, 0) is 22.8 Å². The number of hydrogen-bond acceptors (Lipinski definition) is 5. The van der Waals surface area contributed by atoms with E-state index in [-0.39, 0.29) is 18.0 Å². The van der Waals surface area contributed by atoms with E-state index in [1.807, 2.05) is 11.0 Å². The first-order chi connectivity index (χ1) is 21.1. The van der Waals surface area contributed by atoms with E-state index in [1.165, 1.54) is 36.6 Å². The monoisotopic (exact) mass is 610 g/mol. The van der Waals surface area contributed by atoms with Crippen LogP contribution in [0.1, 0.15) is 74.1 Å². The third-order valence-corrected chi connectivity index (χ3v) is 11.0. The molecule has 2 bridgehead atoms. The summed E-state index contributed by atoms with van der Waals surface area (Å²) in [6.07, 6.45) is 4.72. The van der Waals surface area contributed by atoms with Gasteiger partial charge in [-0.15, -0.1) is 0 Å². The van der Waals surface area contributed by atoms with Crippen molar-refractivity contribution in [3.8, 4) is 11.5 Å². The Morgan fingerprint density at radius 2 is 2.02 bits per heavy atom. The van der Waals surface area contributed by atoms with Crippen molar-refractivity contribution in [3.63, 3.8) is 0 Å². The highest BCUT2D eigenvalue weighted by atomic mass is 19.4. The Kier molecular flexibility index (Phi) is 7.28. The van der Waals surface area contributed by atoms with Crippen LogP contribution in [0.2, 0.25) is 0 Å². The van der Waals surface area contributed by atoms with Crippen LogP contribution < -0.4 is 9.47 Å².